The molecule has 6 N–H and O–H groups in total. The van der Waals surface area contributed by atoms with Gasteiger partial charge in [0.1, 0.15) is 22.7 Å². The second kappa shape index (κ2) is 17.0. The Balaban J connectivity index is 1.26. The highest BCUT2D eigenvalue weighted by Gasteiger charge is 2.23. The van der Waals surface area contributed by atoms with Crippen LogP contribution in [0.4, 0.5) is 51.2 Å². The van der Waals surface area contributed by atoms with Gasteiger partial charge < -0.3 is 25.1 Å². The van der Waals surface area contributed by atoms with Crippen molar-refractivity contribution in [3.05, 3.63) is 121 Å². The zero-order chi connectivity index (χ0) is 40.9. The first kappa shape index (κ1) is 39.3. The van der Waals surface area contributed by atoms with Crippen molar-refractivity contribution in [3.8, 4) is 11.5 Å². The molecule has 2 atom stereocenters. The number of phenols is 2. The maximum absolute atomic E-state index is 12.7. The van der Waals surface area contributed by atoms with E-state index in [9.17, 15) is 36.2 Å². The fourth-order valence-corrected chi connectivity index (χ4v) is 7.47. The van der Waals surface area contributed by atoms with Crippen molar-refractivity contribution in [1.82, 2.24) is 0 Å². The molecule has 0 saturated heterocycles. The molecule has 0 heterocycles. The zero-order valence-corrected chi connectivity index (χ0v) is 31.9. The third-order valence-corrected chi connectivity index (χ3v) is 10.7. The Hall–Kier alpha value is -6.97. The Morgan fingerprint density at radius 2 is 0.966 bits per heavy atom. The number of benzene rings is 7. The summed E-state index contributed by atoms with van der Waals surface area (Å²) in [5, 5.41) is 55.0. The number of nitrogens with two attached hydrogens (primary N) is 1. The van der Waals surface area contributed by atoms with Gasteiger partial charge >= 0.3 is 0 Å². The molecule has 0 aliphatic carbocycles. The van der Waals surface area contributed by atoms with Gasteiger partial charge in [-0.05, 0) is 78.9 Å². The number of fused-ring (bicyclic) bond motifs is 2. The molecule has 0 radical (unpaired) electrons. The molecular weight excluding hydrogens is 807 g/mol. The molecule has 17 nitrogen and oxygen atoms in total. The number of rotatable bonds is 11. The van der Waals surface area contributed by atoms with Crippen LogP contribution in [0, 0.1) is 0 Å². The van der Waals surface area contributed by atoms with Gasteiger partial charge in [-0.15, -0.1) is 20.5 Å². The lowest BCUT2D eigenvalue weighted by Gasteiger charge is -2.12. The summed E-state index contributed by atoms with van der Waals surface area (Å²) in [6.45, 7) is 0. The average Bonchev–Trinajstić information content (AvgIpc) is 3.22. The Labute approximate surface area is 334 Å². The SMILES string of the molecule is Nc1c(N=Nc2ccc3c(O)c(N=Nc4ccc(N=Nc5ccccc5)cc4)c(S(=O)O)cc3c2[SH](=O)=O)cc(S(=O)O)c2ccc(N=Nc3ccccc3)c(O)c12. The third kappa shape index (κ3) is 8.26. The van der Waals surface area contributed by atoms with Gasteiger partial charge in [-0.1, -0.05) is 42.5 Å². The zero-order valence-electron chi connectivity index (χ0n) is 29.4. The van der Waals surface area contributed by atoms with Crippen LogP contribution in [0.25, 0.3) is 21.5 Å². The highest BCUT2D eigenvalue weighted by atomic mass is 32.2. The Kier molecular flexibility index (Phi) is 11.5. The van der Waals surface area contributed by atoms with Crippen molar-refractivity contribution in [2.24, 2.45) is 40.9 Å². The maximum atomic E-state index is 12.7. The minimum Gasteiger partial charge on any atom is -0.505 e. The Bertz CT molecular complexity index is 2970. The number of hydrogen-bond donors (Lipinski definition) is 6. The van der Waals surface area contributed by atoms with Crippen molar-refractivity contribution in [2.75, 3.05) is 5.73 Å². The van der Waals surface area contributed by atoms with E-state index < -0.39 is 59.8 Å². The summed E-state index contributed by atoms with van der Waals surface area (Å²) in [7, 11) is -3.50. The number of aromatic hydroxyl groups is 2. The standard InChI is InChI=1S/C38H27N9O8S3/c39-34-30(20-31(56(50)51)26-16-17-28(37(49)33(26)34)44-42-22-9-5-2-6-10-22)46-45-29-18-15-25-27(38(29)58(54)55)19-32(57(52)53)35(36(25)48)47-43-24-13-11-23(12-14-24)41-40-21-7-3-1-4-8-21/h1-20,48-49,58H,39H2,(H,50,51)(H,52,53). The summed E-state index contributed by atoms with van der Waals surface area (Å²) in [4.78, 5) is -1.14. The van der Waals surface area contributed by atoms with E-state index in [1.807, 2.05) is 18.2 Å². The van der Waals surface area contributed by atoms with Gasteiger partial charge in [0.2, 0.25) is 0 Å². The maximum Gasteiger partial charge on any atom is 0.188 e. The molecule has 7 aromatic rings. The fraction of sp³-hybridized carbons (Fsp3) is 0. The Morgan fingerprint density at radius 1 is 0.483 bits per heavy atom. The van der Waals surface area contributed by atoms with Crippen LogP contribution in [0.3, 0.4) is 0 Å². The molecule has 0 fully saturated rings. The van der Waals surface area contributed by atoms with Crippen molar-refractivity contribution < 1.29 is 36.2 Å². The van der Waals surface area contributed by atoms with Crippen LogP contribution in [-0.4, -0.2) is 36.2 Å². The molecule has 0 amide bonds. The minimum absolute atomic E-state index is 0.0116. The molecule has 2 unspecified atom stereocenters. The van der Waals surface area contributed by atoms with Gasteiger partial charge in [0.15, 0.2) is 44.4 Å². The summed E-state index contributed by atoms with van der Waals surface area (Å²) in [5.74, 6) is -1.11. The lowest BCUT2D eigenvalue weighted by atomic mass is 10.1. The van der Waals surface area contributed by atoms with Crippen molar-refractivity contribution in [3.63, 3.8) is 0 Å². The molecule has 0 bridgehead atoms. The van der Waals surface area contributed by atoms with Crippen molar-refractivity contribution in [2.45, 2.75) is 14.7 Å². The predicted octanol–water partition coefficient (Wildman–Crippen LogP) is 10.8. The number of nitrogen functional groups attached to an aromatic ring is 1. The minimum atomic E-state index is -3.50. The third-order valence-electron chi connectivity index (χ3n) is 8.43. The van der Waals surface area contributed by atoms with Gasteiger partial charge in [-0.2, -0.15) is 20.5 Å². The number of hydrogen-bond acceptors (Lipinski definition) is 15. The fourth-order valence-electron chi connectivity index (χ4n) is 5.69. The summed E-state index contributed by atoms with van der Waals surface area (Å²) in [6, 6.07) is 31.7. The lowest BCUT2D eigenvalue weighted by Crippen LogP contribution is -1.96. The van der Waals surface area contributed by atoms with Gasteiger partial charge in [0, 0.05) is 16.2 Å². The van der Waals surface area contributed by atoms with Crippen LogP contribution in [0.2, 0.25) is 0 Å². The van der Waals surface area contributed by atoms with Gasteiger partial charge in [0.25, 0.3) is 0 Å². The first-order chi connectivity index (χ1) is 28.0. The van der Waals surface area contributed by atoms with E-state index in [2.05, 4.69) is 40.9 Å². The van der Waals surface area contributed by atoms with Gasteiger partial charge in [-0.25, -0.2) is 16.8 Å². The molecule has 7 aromatic carbocycles. The smallest absolute Gasteiger partial charge is 0.188 e. The molecule has 0 spiro atoms. The number of azo groups is 4. The van der Waals surface area contributed by atoms with Gasteiger partial charge in [0.05, 0.1) is 48.5 Å². The molecule has 7 rings (SSSR count). The molecule has 58 heavy (non-hydrogen) atoms. The van der Waals surface area contributed by atoms with Crippen LogP contribution < -0.4 is 5.73 Å². The summed E-state index contributed by atoms with van der Waals surface area (Å²) >= 11 is -5.40. The van der Waals surface area contributed by atoms with E-state index >= 15 is 0 Å². The second-order valence-corrected chi connectivity index (χ2v) is 14.8. The number of phenolic OH excluding ortho intramolecular Hbond substituents is 2. The molecule has 290 valence electrons. The lowest BCUT2D eigenvalue weighted by molar-refractivity contribution is 0.480. The summed E-state index contributed by atoms with van der Waals surface area (Å²) < 4.78 is 70.7. The predicted molar refractivity (Wildman–Crippen MR) is 218 cm³/mol. The monoisotopic (exact) mass is 833 g/mol. The van der Waals surface area contributed by atoms with E-state index in [0.29, 0.717) is 22.7 Å². The molecule has 0 saturated carbocycles. The normalized spacial score (nSPS) is 13.2. The molecule has 0 aliphatic rings. The number of anilines is 1. The highest BCUT2D eigenvalue weighted by Crippen LogP contribution is 2.47. The van der Waals surface area contributed by atoms with Crippen LogP contribution in [0.1, 0.15) is 0 Å². The van der Waals surface area contributed by atoms with E-state index in [0.717, 1.165) is 12.1 Å². The van der Waals surface area contributed by atoms with E-state index in [4.69, 9.17) is 5.73 Å². The second-order valence-electron chi connectivity index (χ2n) is 12.0. The van der Waals surface area contributed by atoms with E-state index in [1.165, 1.54) is 24.3 Å². The van der Waals surface area contributed by atoms with Gasteiger partial charge in [-0.3, -0.25) is 0 Å². The molecule has 20 heteroatoms. The first-order valence-corrected chi connectivity index (χ1v) is 20.0. The van der Waals surface area contributed by atoms with E-state index in [-0.39, 0.29) is 49.2 Å². The quantitative estimate of drug-likeness (QED) is 0.0312. The van der Waals surface area contributed by atoms with Crippen LogP contribution in [-0.2, 0) is 32.9 Å². The largest absolute Gasteiger partial charge is 0.505 e. The summed E-state index contributed by atoms with van der Waals surface area (Å²) in [6.07, 6.45) is 0. The van der Waals surface area contributed by atoms with Crippen LogP contribution in [0.15, 0.2) is 177 Å². The molecular formula is C38H27N9O8S3. The number of thiol groups is 1. The van der Waals surface area contributed by atoms with E-state index in [1.54, 1.807) is 66.7 Å². The molecule has 0 aromatic heterocycles. The topological polar surface area (TPSA) is 274 Å². The highest BCUT2D eigenvalue weighted by molar-refractivity contribution is 7.79. The van der Waals surface area contributed by atoms with Crippen LogP contribution >= 0.6 is 0 Å². The van der Waals surface area contributed by atoms with Crippen molar-refractivity contribution >= 4 is 106 Å². The average molecular weight is 834 g/mol. The first-order valence-electron chi connectivity index (χ1n) is 16.6. The molecule has 0 aliphatic heterocycles. The van der Waals surface area contributed by atoms with Crippen LogP contribution in [0.5, 0.6) is 11.5 Å². The Morgan fingerprint density at radius 3 is 1.53 bits per heavy atom. The van der Waals surface area contributed by atoms with Crippen molar-refractivity contribution in [1.29, 1.82) is 0 Å². The summed E-state index contributed by atoms with van der Waals surface area (Å²) in [5.41, 5.74) is 7.30. The number of nitrogens with zero attached hydrogens (tertiary/aromatic N) is 8.